The maximum absolute atomic E-state index is 9.20. The number of benzene rings is 1. The summed E-state index contributed by atoms with van der Waals surface area (Å²) in [5.74, 6) is 0. The molecule has 0 unspecified atom stereocenters. The van der Waals surface area contributed by atoms with Crippen LogP contribution in [0, 0.1) is 5.44 Å². The molecule has 0 aliphatic carbocycles. The van der Waals surface area contributed by atoms with E-state index < -0.39 is 0 Å². The molecule has 1 aromatic carbocycles. The standard InChI is InChI=1S/C10H8NO2S/c1-2-9(12)14-10-11-7-5-3-4-6-8(7)13-10/h2-6,12H,1H2. The van der Waals surface area contributed by atoms with Gasteiger partial charge in [-0.15, -0.1) is 0 Å². The van der Waals surface area contributed by atoms with Gasteiger partial charge in [-0.2, -0.15) is 0 Å². The van der Waals surface area contributed by atoms with Crippen LogP contribution in [0.2, 0.25) is 0 Å². The zero-order chi connectivity index (χ0) is 9.97. The van der Waals surface area contributed by atoms with Gasteiger partial charge in [0.15, 0.2) is 11.0 Å². The van der Waals surface area contributed by atoms with Crippen molar-refractivity contribution in [2.45, 2.75) is 5.22 Å². The van der Waals surface area contributed by atoms with Crippen LogP contribution in [0.1, 0.15) is 0 Å². The number of hydrogen-bond donors (Lipinski definition) is 1. The Morgan fingerprint density at radius 3 is 3.00 bits per heavy atom. The number of aliphatic hydroxyl groups excluding tert-OH is 1. The largest absolute Gasteiger partial charge is 0.431 e. The van der Waals surface area contributed by atoms with Crippen LogP contribution in [-0.2, 0) is 0 Å². The second kappa shape index (κ2) is 3.86. The van der Waals surface area contributed by atoms with Gasteiger partial charge < -0.3 is 9.52 Å². The lowest BCUT2D eigenvalue weighted by Crippen LogP contribution is -1.81. The number of oxazole rings is 1. The van der Waals surface area contributed by atoms with E-state index in [1.165, 1.54) is 6.08 Å². The molecule has 2 aromatic rings. The summed E-state index contributed by atoms with van der Waals surface area (Å²) < 4.78 is 5.36. The first kappa shape index (κ1) is 9.30. The van der Waals surface area contributed by atoms with Gasteiger partial charge in [-0.1, -0.05) is 18.7 Å². The number of nitrogens with zero attached hydrogens (tertiary/aromatic N) is 1. The van der Waals surface area contributed by atoms with Crippen molar-refractivity contribution >= 4 is 22.9 Å². The van der Waals surface area contributed by atoms with Crippen molar-refractivity contribution in [3.63, 3.8) is 0 Å². The van der Waals surface area contributed by atoms with Crippen molar-refractivity contribution in [3.05, 3.63) is 42.4 Å². The minimum Gasteiger partial charge on any atom is -0.431 e. The number of aliphatic hydroxyl groups is 1. The molecule has 0 bridgehead atoms. The monoisotopic (exact) mass is 206 g/mol. The summed E-state index contributed by atoms with van der Waals surface area (Å²) in [4.78, 5) is 4.17. The smallest absolute Gasteiger partial charge is 0.260 e. The van der Waals surface area contributed by atoms with Crippen LogP contribution < -0.4 is 0 Å². The molecule has 0 aliphatic rings. The molecule has 0 fully saturated rings. The van der Waals surface area contributed by atoms with Gasteiger partial charge >= 0.3 is 0 Å². The molecule has 2 rings (SSSR count). The average Bonchev–Trinajstić information content (AvgIpc) is 2.59. The van der Waals surface area contributed by atoms with Crippen molar-refractivity contribution in [1.82, 2.24) is 4.98 Å². The summed E-state index contributed by atoms with van der Waals surface area (Å²) in [6.07, 6.45) is 1.35. The van der Waals surface area contributed by atoms with E-state index in [-0.39, 0.29) is 5.44 Å². The molecule has 4 heteroatoms. The number of fused-ring (bicyclic) bond motifs is 1. The summed E-state index contributed by atoms with van der Waals surface area (Å²) in [5.41, 5.74) is 1.58. The van der Waals surface area contributed by atoms with Gasteiger partial charge in [0.05, 0.1) is 0 Å². The predicted molar refractivity (Wildman–Crippen MR) is 55.2 cm³/mol. The Hall–Kier alpha value is -1.26. The number of rotatable bonds is 3. The third kappa shape index (κ3) is 1.81. The number of aromatic nitrogens is 1. The lowest BCUT2D eigenvalue weighted by Gasteiger charge is -1.95. The highest BCUT2D eigenvalue weighted by Crippen LogP contribution is 2.29. The summed E-state index contributed by atoms with van der Waals surface area (Å²) in [5, 5.41) is 9.62. The van der Waals surface area contributed by atoms with E-state index in [1.54, 1.807) is 0 Å². The van der Waals surface area contributed by atoms with Gasteiger partial charge in [0, 0.05) is 0 Å². The first-order valence-corrected chi connectivity index (χ1v) is 4.83. The first-order valence-electron chi connectivity index (χ1n) is 4.01. The van der Waals surface area contributed by atoms with E-state index in [0.717, 1.165) is 17.3 Å². The van der Waals surface area contributed by atoms with Crippen molar-refractivity contribution in [2.75, 3.05) is 0 Å². The highest BCUT2D eigenvalue weighted by molar-refractivity contribution is 8.01. The zero-order valence-corrected chi connectivity index (χ0v) is 8.12. The summed E-state index contributed by atoms with van der Waals surface area (Å²) >= 11 is 1.05. The Morgan fingerprint density at radius 2 is 2.29 bits per heavy atom. The van der Waals surface area contributed by atoms with Gasteiger partial charge in [-0.25, -0.2) is 4.98 Å². The molecule has 1 N–H and O–H groups in total. The molecule has 0 spiro atoms. The molecule has 71 valence electrons. The lowest BCUT2D eigenvalue weighted by molar-refractivity contribution is 0.395. The summed E-state index contributed by atoms with van der Waals surface area (Å²) in [6, 6.07) is 7.45. The Labute approximate surface area is 85.4 Å². The fourth-order valence-corrected chi connectivity index (χ4v) is 1.56. The minimum atomic E-state index is 0.0801. The molecule has 1 radical (unpaired) electrons. The highest BCUT2D eigenvalue weighted by atomic mass is 32.2. The van der Waals surface area contributed by atoms with Crippen LogP contribution >= 0.6 is 11.8 Å². The van der Waals surface area contributed by atoms with Crippen LogP contribution in [0.3, 0.4) is 0 Å². The Balaban J connectivity index is 2.31. The van der Waals surface area contributed by atoms with Gasteiger partial charge in [-0.3, -0.25) is 0 Å². The topological polar surface area (TPSA) is 46.3 Å². The van der Waals surface area contributed by atoms with Crippen molar-refractivity contribution in [2.24, 2.45) is 0 Å². The Kier molecular flexibility index (Phi) is 2.56. The van der Waals surface area contributed by atoms with Gasteiger partial charge in [0.2, 0.25) is 0 Å². The zero-order valence-electron chi connectivity index (χ0n) is 7.30. The molecule has 1 aromatic heterocycles. The predicted octanol–water partition coefficient (Wildman–Crippen LogP) is 2.97. The summed E-state index contributed by atoms with van der Waals surface area (Å²) in [6.45, 7) is 3.43. The molecule has 0 saturated carbocycles. The quantitative estimate of drug-likeness (QED) is 0.784. The van der Waals surface area contributed by atoms with Gasteiger partial charge in [0.1, 0.15) is 5.52 Å². The van der Waals surface area contributed by atoms with Crippen molar-refractivity contribution in [1.29, 1.82) is 0 Å². The third-order valence-corrected chi connectivity index (χ3v) is 2.37. The van der Waals surface area contributed by atoms with Crippen molar-refractivity contribution < 1.29 is 9.52 Å². The van der Waals surface area contributed by atoms with Crippen LogP contribution in [0.5, 0.6) is 0 Å². The molecular formula is C10H8NO2S. The lowest BCUT2D eigenvalue weighted by atomic mass is 10.3. The second-order valence-electron chi connectivity index (χ2n) is 2.59. The first-order chi connectivity index (χ1) is 6.79. The molecule has 3 nitrogen and oxygen atoms in total. The average molecular weight is 206 g/mol. The van der Waals surface area contributed by atoms with Crippen LogP contribution in [0.15, 0.2) is 46.6 Å². The molecule has 0 amide bonds. The maximum Gasteiger partial charge on any atom is 0.260 e. The third-order valence-electron chi connectivity index (χ3n) is 1.64. The van der Waals surface area contributed by atoms with E-state index in [1.807, 2.05) is 24.3 Å². The Bertz CT molecular complexity index is 419. The molecule has 0 aliphatic heterocycles. The van der Waals surface area contributed by atoms with E-state index in [9.17, 15) is 5.11 Å². The fourth-order valence-electron chi connectivity index (χ4n) is 1.03. The highest BCUT2D eigenvalue weighted by Gasteiger charge is 2.09. The molecular weight excluding hydrogens is 198 g/mol. The number of hydrogen-bond acceptors (Lipinski definition) is 4. The normalized spacial score (nSPS) is 11.0. The number of thioether (sulfide) groups is 1. The molecule has 0 saturated heterocycles. The van der Waals surface area contributed by atoms with Gasteiger partial charge in [-0.05, 0) is 30.0 Å². The maximum atomic E-state index is 9.20. The second-order valence-corrected chi connectivity index (χ2v) is 3.56. The minimum absolute atomic E-state index is 0.0801. The van der Waals surface area contributed by atoms with E-state index in [0.29, 0.717) is 10.8 Å². The Morgan fingerprint density at radius 1 is 1.50 bits per heavy atom. The summed E-state index contributed by atoms with van der Waals surface area (Å²) in [7, 11) is 0. The molecule has 0 atom stereocenters. The number of para-hydroxylation sites is 2. The van der Waals surface area contributed by atoms with E-state index >= 15 is 0 Å². The van der Waals surface area contributed by atoms with Crippen molar-refractivity contribution in [3.8, 4) is 0 Å². The van der Waals surface area contributed by atoms with E-state index in [2.05, 4.69) is 11.6 Å². The van der Waals surface area contributed by atoms with E-state index in [4.69, 9.17) is 4.42 Å². The fraction of sp³-hybridized carbons (Fsp3) is 0. The van der Waals surface area contributed by atoms with Gasteiger partial charge in [0.25, 0.3) is 5.22 Å². The van der Waals surface area contributed by atoms with Crippen LogP contribution in [0.4, 0.5) is 0 Å². The molecule has 1 heterocycles. The van der Waals surface area contributed by atoms with Crippen LogP contribution in [-0.4, -0.2) is 10.1 Å². The SMILES string of the molecule is C=C[C](O)Sc1nc2ccccc2o1. The molecule has 14 heavy (non-hydrogen) atoms. The van der Waals surface area contributed by atoms with Crippen LogP contribution in [0.25, 0.3) is 11.1 Å².